The van der Waals surface area contributed by atoms with Crippen molar-refractivity contribution in [3.05, 3.63) is 0 Å². The van der Waals surface area contributed by atoms with Gasteiger partial charge in [-0.25, -0.2) is 9.59 Å². The minimum Gasteiger partial charge on any atom is -0.480 e. The fourth-order valence-corrected chi connectivity index (χ4v) is 1.30. The highest BCUT2D eigenvalue weighted by molar-refractivity contribution is 5.83. The number of carbonyl (C=O) groups is 3. The van der Waals surface area contributed by atoms with Gasteiger partial charge in [0.05, 0.1) is 7.11 Å². The van der Waals surface area contributed by atoms with Crippen molar-refractivity contribution in [3.63, 3.8) is 0 Å². The van der Waals surface area contributed by atoms with E-state index in [0.29, 0.717) is 6.54 Å². The van der Waals surface area contributed by atoms with E-state index < -0.39 is 24.0 Å². The third-order valence-electron chi connectivity index (χ3n) is 2.36. The number of methoxy groups -OCH3 is 1. The maximum atomic E-state index is 11.4. The van der Waals surface area contributed by atoms with Crippen molar-refractivity contribution in [1.82, 2.24) is 16.0 Å². The summed E-state index contributed by atoms with van der Waals surface area (Å²) in [6.45, 7) is 1.20. The molecule has 0 rings (SSSR count). The Hall–Kier alpha value is -1.83. The molecule has 0 saturated carbocycles. The van der Waals surface area contributed by atoms with Crippen molar-refractivity contribution >= 4 is 18.0 Å². The molecule has 8 heteroatoms. The van der Waals surface area contributed by atoms with Gasteiger partial charge in [-0.05, 0) is 26.4 Å². The maximum absolute atomic E-state index is 11.4. The van der Waals surface area contributed by atoms with E-state index in [1.54, 1.807) is 7.05 Å². The molecule has 110 valence electrons. The summed E-state index contributed by atoms with van der Waals surface area (Å²) in [5.74, 6) is -1.70. The van der Waals surface area contributed by atoms with E-state index in [9.17, 15) is 14.4 Å². The Morgan fingerprint density at radius 1 is 1.26 bits per heavy atom. The van der Waals surface area contributed by atoms with Gasteiger partial charge < -0.3 is 25.8 Å². The van der Waals surface area contributed by atoms with E-state index >= 15 is 0 Å². The van der Waals surface area contributed by atoms with Gasteiger partial charge in [-0.2, -0.15) is 0 Å². The first-order valence-corrected chi connectivity index (χ1v) is 5.99. The van der Waals surface area contributed by atoms with Crippen LogP contribution in [0.3, 0.4) is 0 Å². The number of amides is 2. The van der Waals surface area contributed by atoms with Gasteiger partial charge in [0.2, 0.25) is 0 Å². The molecule has 0 saturated heterocycles. The third kappa shape index (κ3) is 8.83. The summed E-state index contributed by atoms with van der Waals surface area (Å²) in [5.41, 5.74) is 0. The molecule has 4 N–H and O–H groups in total. The molecule has 0 aliphatic carbocycles. The van der Waals surface area contributed by atoms with E-state index in [1.165, 1.54) is 7.11 Å². The number of rotatable bonds is 9. The van der Waals surface area contributed by atoms with Crippen LogP contribution in [0.1, 0.15) is 19.3 Å². The topological polar surface area (TPSA) is 117 Å². The number of hydrogen-bond donors (Lipinski definition) is 4. The Kier molecular flexibility index (Phi) is 9.15. The normalized spacial score (nSPS) is 11.5. The Morgan fingerprint density at radius 2 is 1.95 bits per heavy atom. The van der Waals surface area contributed by atoms with Crippen molar-refractivity contribution in [2.24, 2.45) is 0 Å². The molecule has 0 aromatic rings. The highest BCUT2D eigenvalue weighted by Gasteiger charge is 2.20. The summed E-state index contributed by atoms with van der Waals surface area (Å²) >= 11 is 0. The molecule has 8 nitrogen and oxygen atoms in total. The van der Waals surface area contributed by atoms with Gasteiger partial charge in [0.15, 0.2) is 0 Å². The first-order chi connectivity index (χ1) is 9.01. The number of carbonyl (C=O) groups excluding carboxylic acids is 2. The van der Waals surface area contributed by atoms with Crippen molar-refractivity contribution in [3.8, 4) is 0 Å². The summed E-state index contributed by atoms with van der Waals surface area (Å²) < 4.78 is 4.41. The lowest BCUT2D eigenvalue weighted by Gasteiger charge is -2.14. The molecule has 0 unspecified atom stereocenters. The SMILES string of the molecule is CNCCCNC(=O)N[C@@H](CCC(=O)OC)C(=O)O. The molecule has 1 atom stereocenters. The Balaban J connectivity index is 4.01. The third-order valence-corrected chi connectivity index (χ3v) is 2.36. The van der Waals surface area contributed by atoms with Crippen LogP contribution in [0.2, 0.25) is 0 Å². The van der Waals surface area contributed by atoms with Gasteiger partial charge in [-0.1, -0.05) is 0 Å². The lowest BCUT2D eigenvalue weighted by atomic mass is 10.1. The van der Waals surface area contributed by atoms with E-state index in [1.807, 2.05) is 0 Å². The highest BCUT2D eigenvalue weighted by Crippen LogP contribution is 1.99. The molecule has 0 aromatic heterocycles. The lowest BCUT2D eigenvalue weighted by Crippen LogP contribution is -2.46. The number of nitrogens with one attached hydrogen (secondary N) is 3. The molecule has 0 spiro atoms. The van der Waals surface area contributed by atoms with Gasteiger partial charge >= 0.3 is 18.0 Å². The number of esters is 1. The Bertz CT molecular complexity index is 309. The molecule has 0 heterocycles. The van der Waals surface area contributed by atoms with Crippen molar-refractivity contribution in [2.45, 2.75) is 25.3 Å². The molecule has 0 bridgehead atoms. The second-order valence-corrected chi connectivity index (χ2v) is 3.86. The van der Waals surface area contributed by atoms with Crippen molar-refractivity contribution < 1.29 is 24.2 Å². The Morgan fingerprint density at radius 3 is 2.47 bits per heavy atom. The van der Waals surface area contributed by atoms with Crippen molar-refractivity contribution in [1.29, 1.82) is 0 Å². The predicted octanol–water partition coefficient (Wildman–Crippen LogP) is -0.698. The van der Waals surface area contributed by atoms with Crippen LogP contribution in [0.5, 0.6) is 0 Å². The van der Waals surface area contributed by atoms with Gasteiger partial charge in [0.1, 0.15) is 6.04 Å². The maximum Gasteiger partial charge on any atom is 0.326 e. The molecule has 0 fully saturated rings. The zero-order valence-corrected chi connectivity index (χ0v) is 11.2. The summed E-state index contributed by atoms with van der Waals surface area (Å²) in [5, 5.41) is 16.7. The fourth-order valence-electron chi connectivity index (χ4n) is 1.30. The second kappa shape index (κ2) is 10.1. The van der Waals surface area contributed by atoms with Gasteiger partial charge in [0, 0.05) is 13.0 Å². The molecular weight excluding hydrogens is 254 g/mol. The van der Waals surface area contributed by atoms with Crippen LogP contribution >= 0.6 is 0 Å². The number of carboxylic acids is 1. The van der Waals surface area contributed by atoms with Crippen molar-refractivity contribution in [2.75, 3.05) is 27.2 Å². The quantitative estimate of drug-likeness (QED) is 0.326. The minimum absolute atomic E-state index is 0.00799. The van der Waals surface area contributed by atoms with Crippen LogP contribution in [-0.4, -0.2) is 56.4 Å². The monoisotopic (exact) mass is 275 g/mol. The summed E-state index contributed by atoms with van der Waals surface area (Å²) in [6.07, 6.45) is 0.670. The predicted molar refractivity (Wildman–Crippen MR) is 67.8 cm³/mol. The van der Waals surface area contributed by atoms with Crippen LogP contribution in [0.15, 0.2) is 0 Å². The molecule has 0 radical (unpaired) electrons. The molecule has 0 aliphatic heterocycles. The van der Waals surface area contributed by atoms with Crippen LogP contribution in [0, 0.1) is 0 Å². The summed E-state index contributed by atoms with van der Waals surface area (Å²) in [6, 6.07) is -1.67. The number of carboxylic acid groups (broad SMARTS) is 1. The van der Waals surface area contributed by atoms with Gasteiger partial charge in [-0.15, -0.1) is 0 Å². The van der Waals surface area contributed by atoms with E-state index in [0.717, 1.165) is 13.0 Å². The second-order valence-electron chi connectivity index (χ2n) is 3.86. The van der Waals surface area contributed by atoms with E-state index in [4.69, 9.17) is 5.11 Å². The largest absolute Gasteiger partial charge is 0.480 e. The number of urea groups is 1. The van der Waals surface area contributed by atoms with Gasteiger partial charge in [0.25, 0.3) is 0 Å². The zero-order chi connectivity index (χ0) is 14.7. The molecule has 0 aromatic carbocycles. The molecule has 19 heavy (non-hydrogen) atoms. The molecule has 2 amide bonds. The van der Waals surface area contributed by atoms with E-state index in [-0.39, 0.29) is 12.8 Å². The minimum atomic E-state index is -1.19. The van der Waals surface area contributed by atoms with Crippen LogP contribution in [0.4, 0.5) is 4.79 Å². The molecular formula is C11H21N3O5. The summed E-state index contributed by atoms with van der Waals surface area (Å²) in [4.78, 5) is 33.2. The van der Waals surface area contributed by atoms with Crippen LogP contribution in [0.25, 0.3) is 0 Å². The highest BCUT2D eigenvalue weighted by atomic mass is 16.5. The fraction of sp³-hybridized carbons (Fsp3) is 0.727. The average Bonchev–Trinajstić information content (AvgIpc) is 2.38. The summed E-state index contributed by atoms with van der Waals surface area (Å²) in [7, 11) is 3.02. The standard InChI is InChI=1S/C11H21N3O5/c1-12-6-3-7-13-11(18)14-8(10(16)17)4-5-9(15)19-2/h8,12H,3-7H2,1-2H3,(H,16,17)(H2,13,14,18)/t8-/m0/s1. The van der Waals surface area contributed by atoms with E-state index in [2.05, 4.69) is 20.7 Å². The first kappa shape index (κ1) is 17.2. The number of aliphatic carboxylic acids is 1. The van der Waals surface area contributed by atoms with Crippen LogP contribution < -0.4 is 16.0 Å². The number of hydrogen-bond acceptors (Lipinski definition) is 5. The molecule has 0 aliphatic rings. The zero-order valence-electron chi connectivity index (χ0n) is 11.2. The smallest absolute Gasteiger partial charge is 0.326 e. The first-order valence-electron chi connectivity index (χ1n) is 5.99. The average molecular weight is 275 g/mol. The van der Waals surface area contributed by atoms with Crippen LogP contribution in [-0.2, 0) is 14.3 Å². The lowest BCUT2D eigenvalue weighted by molar-refractivity contribution is -0.142. The Labute approximate surface area is 111 Å². The number of ether oxygens (including phenoxy) is 1. The van der Waals surface area contributed by atoms with Gasteiger partial charge in [-0.3, -0.25) is 4.79 Å².